The molecule has 59 heavy (non-hydrogen) atoms. The summed E-state index contributed by atoms with van der Waals surface area (Å²) in [5.74, 6) is 0.0242. The Balaban J connectivity index is 4.41. The van der Waals surface area contributed by atoms with E-state index in [0.717, 1.165) is 77.3 Å². The second kappa shape index (κ2) is 49.5. The number of aliphatic hydroxyl groups is 1. The molecule has 0 rings (SSSR count). The van der Waals surface area contributed by atoms with Gasteiger partial charge in [0.2, 0.25) is 0 Å². The number of hydrogen-bond acceptors (Lipinski definition) is 6. The van der Waals surface area contributed by atoms with Gasteiger partial charge < -0.3 is 19.5 Å². The molecular weight excluding hydrogens is 731 g/mol. The first-order valence-corrected chi connectivity index (χ1v) is 26.8. The summed E-state index contributed by atoms with van der Waals surface area (Å²) in [6, 6.07) is 0. The zero-order valence-corrected chi connectivity index (χ0v) is 40.3. The molecule has 0 atom stereocenters. The van der Waals surface area contributed by atoms with Crippen molar-refractivity contribution in [3.05, 3.63) is 0 Å². The van der Waals surface area contributed by atoms with Gasteiger partial charge in [0.1, 0.15) is 6.10 Å². The molecule has 1 N–H and O–H groups in total. The molecule has 0 bridgehead atoms. The summed E-state index contributed by atoms with van der Waals surface area (Å²) in [5, 5.41) is 8.98. The zero-order valence-electron chi connectivity index (χ0n) is 40.3. The minimum Gasteiger partial charge on any atom is -0.466 e. The van der Waals surface area contributed by atoms with E-state index in [1.165, 1.54) is 199 Å². The van der Waals surface area contributed by atoms with Gasteiger partial charge in [-0.2, -0.15) is 0 Å². The van der Waals surface area contributed by atoms with Crippen LogP contribution in [-0.2, 0) is 19.1 Å². The predicted octanol–water partition coefficient (Wildman–Crippen LogP) is 16.2. The van der Waals surface area contributed by atoms with Crippen molar-refractivity contribution in [2.24, 2.45) is 0 Å². The zero-order chi connectivity index (χ0) is 43.0. The van der Waals surface area contributed by atoms with E-state index >= 15 is 0 Å². The topological polar surface area (TPSA) is 76.1 Å². The Kier molecular flexibility index (Phi) is 48.6. The fourth-order valence-corrected chi connectivity index (χ4v) is 8.42. The van der Waals surface area contributed by atoms with Crippen LogP contribution in [0.15, 0.2) is 0 Å². The predicted molar refractivity (Wildman–Crippen MR) is 255 cm³/mol. The molecule has 0 heterocycles. The third kappa shape index (κ3) is 46.2. The fraction of sp³-hybridized carbons (Fsp3) is 0.962. The number of nitrogens with zero attached hydrogens (tertiary/aromatic N) is 1. The van der Waals surface area contributed by atoms with E-state index in [1.54, 1.807) is 0 Å². The third-order valence-electron chi connectivity index (χ3n) is 12.4. The number of rotatable bonds is 50. The normalized spacial score (nSPS) is 11.6. The van der Waals surface area contributed by atoms with E-state index in [1.807, 2.05) is 0 Å². The van der Waals surface area contributed by atoms with Gasteiger partial charge in [0.05, 0.1) is 6.61 Å². The van der Waals surface area contributed by atoms with Crippen LogP contribution in [0, 0.1) is 0 Å². The van der Waals surface area contributed by atoms with Gasteiger partial charge in [0, 0.05) is 19.4 Å². The Bertz CT molecular complexity index is 821. The maximum absolute atomic E-state index is 12.9. The van der Waals surface area contributed by atoms with Crippen molar-refractivity contribution in [1.29, 1.82) is 0 Å². The van der Waals surface area contributed by atoms with E-state index < -0.39 is 0 Å². The minimum absolute atomic E-state index is 0.00997. The second-order valence-electron chi connectivity index (χ2n) is 18.3. The van der Waals surface area contributed by atoms with Crippen molar-refractivity contribution >= 4 is 11.9 Å². The van der Waals surface area contributed by atoms with Gasteiger partial charge in [-0.15, -0.1) is 0 Å². The van der Waals surface area contributed by atoms with Gasteiger partial charge in [0.15, 0.2) is 0 Å². The molecule has 0 saturated heterocycles. The Hall–Kier alpha value is -1.14. The monoisotopic (exact) mass is 836 g/mol. The maximum Gasteiger partial charge on any atom is 0.306 e. The highest BCUT2D eigenvalue weighted by Crippen LogP contribution is 2.19. The first kappa shape index (κ1) is 57.9. The smallest absolute Gasteiger partial charge is 0.306 e. The summed E-state index contributed by atoms with van der Waals surface area (Å²) < 4.78 is 11.6. The molecule has 0 spiro atoms. The number of ether oxygens (including phenoxy) is 2. The van der Waals surface area contributed by atoms with Crippen LogP contribution in [-0.4, -0.2) is 60.9 Å². The molecule has 0 aromatic rings. The van der Waals surface area contributed by atoms with Gasteiger partial charge in [0.25, 0.3) is 0 Å². The minimum atomic E-state index is -0.00997. The van der Waals surface area contributed by atoms with Crippen LogP contribution < -0.4 is 0 Å². The van der Waals surface area contributed by atoms with Gasteiger partial charge >= 0.3 is 11.9 Å². The first-order chi connectivity index (χ1) is 29.1. The number of carbonyl (C=O) groups excluding carboxylic acids is 2. The average molecular weight is 836 g/mol. The fourth-order valence-electron chi connectivity index (χ4n) is 8.42. The lowest BCUT2D eigenvalue weighted by molar-refractivity contribution is -0.150. The van der Waals surface area contributed by atoms with Crippen molar-refractivity contribution in [2.45, 2.75) is 297 Å². The van der Waals surface area contributed by atoms with E-state index in [-0.39, 0.29) is 18.0 Å². The number of esters is 2. The average Bonchev–Trinajstić information content (AvgIpc) is 3.23. The third-order valence-corrected chi connectivity index (χ3v) is 12.4. The molecule has 0 unspecified atom stereocenters. The number of aliphatic hydroxyl groups excluding tert-OH is 1. The SMILES string of the molecule is CCCCCCCCCCCOC(=O)CCCCCN(CCCCCCCCCCCO)CCCCCCCC(=O)OC(CCCCCCCC)CCCCCCCC. The van der Waals surface area contributed by atoms with Crippen LogP contribution in [0.3, 0.4) is 0 Å². The highest BCUT2D eigenvalue weighted by Gasteiger charge is 2.14. The van der Waals surface area contributed by atoms with Crippen LogP contribution in [0.25, 0.3) is 0 Å². The summed E-state index contributed by atoms with van der Waals surface area (Å²) in [4.78, 5) is 27.8. The molecule has 0 aromatic carbocycles. The Morgan fingerprint density at radius 2 is 0.712 bits per heavy atom. The van der Waals surface area contributed by atoms with E-state index in [4.69, 9.17) is 14.6 Å². The van der Waals surface area contributed by atoms with Gasteiger partial charge in [-0.1, -0.05) is 207 Å². The molecule has 0 saturated carbocycles. The maximum atomic E-state index is 12.9. The Morgan fingerprint density at radius 3 is 1.14 bits per heavy atom. The van der Waals surface area contributed by atoms with Crippen LogP contribution in [0.2, 0.25) is 0 Å². The highest BCUT2D eigenvalue weighted by molar-refractivity contribution is 5.69. The number of unbranched alkanes of at least 4 members (excludes halogenated alkanes) is 32. The van der Waals surface area contributed by atoms with Gasteiger partial charge in [-0.05, 0) is 90.3 Å². The highest BCUT2D eigenvalue weighted by atomic mass is 16.5. The van der Waals surface area contributed by atoms with Crippen molar-refractivity contribution in [3.8, 4) is 0 Å². The van der Waals surface area contributed by atoms with E-state index in [0.29, 0.717) is 26.1 Å². The lowest BCUT2D eigenvalue weighted by Gasteiger charge is -2.22. The summed E-state index contributed by atoms with van der Waals surface area (Å²) in [7, 11) is 0. The van der Waals surface area contributed by atoms with E-state index in [2.05, 4.69) is 25.7 Å². The number of carbonyl (C=O) groups is 2. The first-order valence-electron chi connectivity index (χ1n) is 26.8. The van der Waals surface area contributed by atoms with Crippen molar-refractivity contribution in [3.63, 3.8) is 0 Å². The van der Waals surface area contributed by atoms with Crippen molar-refractivity contribution in [1.82, 2.24) is 4.90 Å². The Labute approximate surface area is 369 Å². The molecule has 0 amide bonds. The largest absolute Gasteiger partial charge is 0.466 e. The van der Waals surface area contributed by atoms with Crippen molar-refractivity contribution in [2.75, 3.05) is 32.8 Å². The summed E-state index contributed by atoms with van der Waals surface area (Å²) >= 11 is 0. The second-order valence-corrected chi connectivity index (χ2v) is 18.3. The van der Waals surface area contributed by atoms with Gasteiger partial charge in [-0.3, -0.25) is 9.59 Å². The molecule has 6 nitrogen and oxygen atoms in total. The van der Waals surface area contributed by atoms with Crippen molar-refractivity contribution < 1.29 is 24.2 Å². The lowest BCUT2D eigenvalue weighted by atomic mass is 10.0. The lowest BCUT2D eigenvalue weighted by Crippen LogP contribution is -2.27. The molecule has 0 aliphatic heterocycles. The molecular formula is C53H105NO5. The molecule has 0 aromatic heterocycles. The summed E-state index contributed by atoms with van der Waals surface area (Å²) in [6.07, 6.45) is 50.5. The van der Waals surface area contributed by atoms with Gasteiger partial charge in [-0.25, -0.2) is 0 Å². The molecule has 352 valence electrons. The van der Waals surface area contributed by atoms with Crippen LogP contribution in [0.4, 0.5) is 0 Å². The van der Waals surface area contributed by atoms with Crippen LogP contribution in [0.1, 0.15) is 290 Å². The number of hydrogen-bond donors (Lipinski definition) is 1. The standard InChI is InChI=1S/C53H105NO5/c1-4-7-10-13-16-20-23-31-41-50-58-52(56)44-36-32-39-48-54(46-37-28-21-18-17-19-22-30-40-49-55)47-38-29-24-27-35-45-53(57)59-51(42-33-25-14-11-8-5-2)43-34-26-15-12-9-6-3/h51,55H,4-50H2,1-3H3. The van der Waals surface area contributed by atoms with E-state index in [9.17, 15) is 9.59 Å². The summed E-state index contributed by atoms with van der Waals surface area (Å²) in [5.41, 5.74) is 0. The van der Waals surface area contributed by atoms with Crippen LogP contribution >= 0.6 is 0 Å². The Morgan fingerprint density at radius 1 is 0.390 bits per heavy atom. The van der Waals surface area contributed by atoms with Crippen LogP contribution in [0.5, 0.6) is 0 Å². The molecule has 6 heteroatoms. The molecule has 0 aliphatic rings. The molecule has 0 aliphatic carbocycles. The molecule has 0 fully saturated rings. The quantitative estimate of drug-likeness (QED) is 0.0486. The summed E-state index contributed by atoms with van der Waals surface area (Å²) in [6.45, 7) is 11.2. The molecule has 0 radical (unpaired) electrons.